The lowest BCUT2D eigenvalue weighted by molar-refractivity contribution is 0.0507. The molecule has 0 amide bonds. The van der Waals surface area contributed by atoms with Crippen LogP contribution in [-0.4, -0.2) is 34.7 Å². The predicted octanol–water partition coefficient (Wildman–Crippen LogP) is 2.66. The highest BCUT2D eigenvalue weighted by Gasteiger charge is 2.20. The molecule has 0 rings (SSSR count). The Morgan fingerprint density at radius 3 is 2.00 bits per heavy atom. The van der Waals surface area contributed by atoms with E-state index in [9.17, 15) is 5.11 Å². The largest absolute Gasteiger partial charge is 0.392 e. The molecule has 0 aromatic heterocycles. The fourth-order valence-electron chi connectivity index (χ4n) is 1.75. The van der Waals surface area contributed by atoms with E-state index in [2.05, 4.69) is 32.6 Å². The summed E-state index contributed by atoms with van der Waals surface area (Å²) < 4.78 is 0. The minimum atomic E-state index is -0.237. The maximum Gasteiger partial charge on any atom is 0.0664 e. The van der Waals surface area contributed by atoms with Gasteiger partial charge in [-0.15, -0.1) is 0 Å². The third-order valence-electron chi connectivity index (χ3n) is 2.90. The third kappa shape index (κ3) is 4.97. The van der Waals surface area contributed by atoms with Gasteiger partial charge in [0.2, 0.25) is 0 Å². The second-order valence-corrected chi connectivity index (χ2v) is 4.52. The molecule has 0 aromatic rings. The van der Waals surface area contributed by atoms with E-state index < -0.39 is 0 Å². The highest BCUT2D eigenvalue weighted by Crippen LogP contribution is 2.11. The van der Waals surface area contributed by atoms with Crippen molar-refractivity contribution in [3.8, 4) is 0 Å². The van der Waals surface area contributed by atoms with Crippen molar-refractivity contribution in [3.05, 3.63) is 0 Å². The van der Waals surface area contributed by atoms with Crippen LogP contribution in [0.5, 0.6) is 0 Å². The van der Waals surface area contributed by atoms with Crippen LogP contribution in [0.15, 0.2) is 0 Å². The van der Waals surface area contributed by atoms with Gasteiger partial charge in [-0.2, -0.15) is 0 Å². The topological polar surface area (TPSA) is 23.5 Å². The van der Waals surface area contributed by atoms with Gasteiger partial charge < -0.3 is 5.11 Å². The molecule has 2 heteroatoms. The summed E-state index contributed by atoms with van der Waals surface area (Å²) in [6.07, 6.45) is 3.55. The van der Waals surface area contributed by atoms with Crippen molar-refractivity contribution < 1.29 is 5.11 Å². The first-order valence-corrected chi connectivity index (χ1v) is 5.94. The van der Waals surface area contributed by atoms with Gasteiger partial charge >= 0.3 is 0 Å². The summed E-state index contributed by atoms with van der Waals surface area (Å²) in [5, 5.41) is 9.56. The van der Waals surface area contributed by atoms with Gasteiger partial charge in [0.25, 0.3) is 0 Å². The van der Waals surface area contributed by atoms with E-state index in [4.69, 9.17) is 0 Å². The molecule has 0 saturated carbocycles. The summed E-state index contributed by atoms with van der Waals surface area (Å²) in [6, 6.07) is 0.795. The standard InChI is InChI=1S/C12H27NO/c1-6-7-8-9-13(10(2)3)11(4)12(5)14/h10-12,14H,6-9H2,1-5H3. The van der Waals surface area contributed by atoms with Crippen molar-refractivity contribution in [2.45, 2.75) is 72.1 Å². The first-order chi connectivity index (χ1) is 6.50. The van der Waals surface area contributed by atoms with Crippen molar-refractivity contribution in [2.75, 3.05) is 6.54 Å². The van der Waals surface area contributed by atoms with Gasteiger partial charge in [-0.3, -0.25) is 4.90 Å². The molecule has 0 saturated heterocycles. The van der Waals surface area contributed by atoms with Gasteiger partial charge in [0.1, 0.15) is 0 Å². The number of aliphatic hydroxyl groups is 1. The molecule has 2 atom stereocenters. The van der Waals surface area contributed by atoms with Gasteiger partial charge in [-0.25, -0.2) is 0 Å². The quantitative estimate of drug-likeness (QED) is 0.640. The molecule has 1 N–H and O–H groups in total. The van der Waals surface area contributed by atoms with Crippen molar-refractivity contribution >= 4 is 0 Å². The Morgan fingerprint density at radius 2 is 1.64 bits per heavy atom. The molecule has 86 valence electrons. The summed E-state index contributed by atoms with van der Waals surface area (Å²) in [6.45, 7) is 11.7. The minimum absolute atomic E-state index is 0.237. The fraction of sp³-hybridized carbons (Fsp3) is 1.00. The monoisotopic (exact) mass is 201 g/mol. The second kappa shape index (κ2) is 7.24. The first-order valence-electron chi connectivity index (χ1n) is 5.94. The Morgan fingerprint density at radius 1 is 1.07 bits per heavy atom. The van der Waals surface area contributed by atoms with E-state index in [1.165, 1.54) is 19.3 Å². The molecule has 0 heterocycles. The Balaban J connectivity index is 4.01. The third-order valence-corrected chi connectivity index (χ3v) is 2.90. The Hall–Kier alpha value is -0.0800. The number of hydrogen-bond donors (Lipinski definition) is 1. The fourth-order valence-corrected chi connectivity index (χ4v) is 1.75. The molecule has 0 aromatic carbocycles. The molecular formula is C12H27NO. The average Bonchev–Trinajstić information content (AvgIpc) is 2.10. The van der Waals surface area contributed by atoms with Gasteiger partial charge in [0, 0.05) is 12.1 Å². The maximum atomic E-state index is 9.56. The van der Waals surface area contributed by atoms with Gasteiger partial charge in [0.15, 0.2) is 0 Å². The zero-order valence-corrected chi connectivity index (χ0v) is 10.5. The zero-order chi connectivity index (χ0) is 11.1. The van der Waals surface area contributed by atoms with Crippen LogP contribution in [0.3, 0.4) is 0 Å². The van der Waals surface area contributed by atoms with Crippen LogP contribution in [-0.2, 0) is 0 Å². The summed E-state index contributed by atoms with van der Waals surface area (Å²) in [5.74, 6) is 0. The van der Waals surface area contributed by atoms with Gasteiger partial charge in [0.05, 0.1) is 6.10 Å². The molecule has 0 spiro atoms. The number of unbranched alkanes of at least 4 members (excludes halogenated alkanes) is 2. The Kier molecular flexibility index (Phi) is 7.20. The van der Waals surface area contributed by atoms with Crippen LogP contribution >= 0.6 is 0 Å². The highest BCUT2D eigenvalue weighted by molar-refractivity contribution is 4.74. The minimum Gasteiger partial charge on any atom is -0.392 e. The van der Waals surface area contributed by atoms with E-state index >= 15 is 0 Å². The smallest absolute Gasteiger partial charge is 0.0664 e. The molecule has 0 radical (unpaired) electrons. The molecule has 2 nitrogen and oxygen atoms in total. The Labute approximate surface area is 89.3 Å². The lowest BCUT2D eigenvalue weighted by atomic mass is 10.1. The number of hydrogen-bond acceptors (Lipinski definition) is 2. The maximum absolute atomic E-state index is 9.56. The second-order valence-electron chi connectivity index (χ2n) is 4.52. The average molecular weight is 201 g/mol. The zero-order valence-electron chi connectivity index (χ0n) is 10.5. The molecule has 0 aliphatic heterocycles. The summed E-state index contributed by atoms with van der Waals surface area (Å²) in [4.78, 5) is 2.39. The van der Waals surface area contributed by atoms with Crippen LogP contribution in [0, 0.1) is 0 Å². The van der Waals surface area contributed by atoms with Crippen molar-refractivity contribution in [3.63, 3.8) is 0 Å². The molecule has 0 aliphatic rings. The van der Waals surface area contributed by atoms with Crippen LogP contribution in [0.2, 0.25) is 0 Å². The van der Waals surface area contributed by atoms with E-state index in [0.29, 0.717) is 6.04 Å². The van der Waals surface area contributed by atoms with Gasteiger partial charge in [-0.05, 0) is 40.7 Å². The van der Waals surface area contributed by atoms with E-state index in [1.807, 2.05) is 6.92 Å². The molecule has 0 bridgehead atoms. The van der Waals surface area contributed by atoms with E-state index in [1.54, 1.807) is 0 Å². The summed E-state index contributed by atoms with van der Waals surface area (Å²) >= 11 is 0. The normalized spacial score (nSPS) is 16.3. The summed E-state index contributed by atoms with van der Waals surface area (Å²) in [7, 11) is 0. The van der Waals surface area contributed by atoms with Gasteiger partial charge in [-0.1, -0.05) is 19.8 Å². The van der Waals surface area contributed by atoms with Crippen LogP contribution in [0.1, 0.15) is 53.9 Å². The molecule has 14 heavy (non-hydrogen) atoms. The van der Waals surface area contributed by atoms with E-state index in [-0.39, 0.29) is 12.1 Å². The predicted molar refractivity (Wildman–Crippen MR) is 62.5 cm³/mol. The lowest BCUT2D eigenvalue weighted by Crippen LogP contribution is -2.44. The molecular weight excluding hydrogens is 174 g/mol. The molecule has 0 aliphatic carbocycles. The van der Waals surface area contributed by atoms with Crippen molar-refractivity contribution in [1.29, 1.82) is 0 Å². The first kappa shape index (κ1) is 13.9. The van der Waals surface area contributed by atoms with Crippen molar-refractivity contribution in [2.24, 2.45) is 0 Å². The molecule has 2 unspecified atom stereocenters. The van der Waals surface area contributed by atoms with Crippen LogP contribution in [0.4, 0.5) is 0 Å². The number of nitrogens with zero attached hydrogens (tertiary/aromatic N) is 1. The number of rotatable bonds is 7. The van der Waals surface area contributed by atoms with Crippen LogP contribution in [0.25, 0.3) is 0 Å². The molecule has 0 fully saturated rings. The SMILES string of the molecule is CCCCCN(C(C)C)C(C)C(C)O. The van der Waals surface area contributed by atoms with Crippen molar-refractivity contribution in [1.82, 2.24) is 4.90 Å². The van der Waals surface area contributed by atoms with E-state index in [0.717, 1.165) is 6.54 Å². The Bertz CT molecular complexity index is 134. The lowest BCUT2D eigenvalue weighted by Gasteiger charge is -2.34. The summed E-state index contributed by atoms with van der Waals surface area (Å²) in [5.41, 5.74) is 0. The highest BCUT2D eigenvalue weighted by atomic mass is 16.3. The van der Waals surface area contributed by atoms with Crippen LogP contribution < -0.4 is 0 Å². The number of aliphatic hydroxyl groups excluding tert-OH is 1.